The number of carbonyl (C=O) groups is 1. The van der Waals surface area contributed by atoms with E-state index in [-0.39, 0.29) is 16.8 Å². The minimum absolute atomic E-state index is 0.0341. The molecule has 1 fully saturated rings. The molecule has 0 bridgehead atoms. The summed E-state index contributed by atoms with van der Waals surface area (Å²) in [6.45, 7) is 2.85. The highest BCUT2D eigenvalue weighted by Crippen LogP contribution is 2.27. The molecule has 0 saturated carbocycles. The zero-order valence-electron chi connectivity index (χ0n) is 16.2. The van der Waals surface area contributed by atoms with Crippen LogP contribution in [0.1, 0.15) is 43.0 Å². The molecule has 1 heterocycles. The minimum atomic E-state index is -3.78. The first kappa shape index (κ1) is 20.2. The van der Waals surface area contributed by atoms with Crippen molar-refractivity contribution in [1.82, 2.24) is 4.90 Å². The third kappa shape index (κ3) is 4.30. The number of methoxy groups -OCH3 is 1. The number of nitrogens with one attached hydrogen (secondary N) is 1. The molecule has 1 unspecified atom stereocenters. The van der Waals surface area contributed by atoms with Crippen molar-refractivity contribution in [3.63, 3.8) is 0 Å². The van der Waals surface area contributed by atoms with Gasteiger partial charge >= 0.3 is 0 Å². The monoisotopic (exact) mass is 402 g/mol. The normalized spacial score (nSPS) is 17.2. The van der Waals surface area contributed by atoms with Gasteiger partial charge in [-0.3, -0.25) is 9.52 Å². The molecule has 28 heavy (non-hydrogen) atoms. The van der Waals surface area contributed by atoms with E-state index >= 15 is 0 Å². The molecule has 0 aromatic heterocycles. The molecule has 3 rings (SSSR count). The van der Waals surface area contributed by atoms with Crippen molar-refractivity contribution in [3.8, 4) is 5.75 Å². The summed E-state index contributed by atoms with van der Waals surface area (Å²) in [4.78, 5) is 14.9. The van der Waals surface area contributed by atoms with E-state index in [1.54, 1.807) is 36.4 Å². The fraction of sp³-hybridized carbons (Fsp3) is 0.381. The van der Waals surface area contributed by atoms with Crippen molar-refractivity contribution >= 4 is 21.6 Å². The number of hydrogen-bond acceptors (Lipinski definition) is 4. The molecule has 1 saturated heterocycles. The fourth-order valence-corrected chi connectivity index (χ4v) is 4.64. The maximum absolute atomic E-state index is 12.8. The Morgan fingerprint density at radius 1 is 1.14 bits per heavy atom. The van der Waals surface area contributed by atoms with Crippen molar-refractivity contribution in [2.24, 2.45) is 0 Å². The van der Waals surface area contributed by atoms with E-state index < -0.39 is 10.0 Å². The summed E-state index contributed by atoms with van der Waals surface area (Å²) < 4.78 is 33.1. The number of rotatable bonds is 6. The third-order valence-electron chi connectivity index (χ3n) is 5.12. The zero-order chi connectivity index (χ0) is 20.1. The number of hydrogen-bond donors (Lipinski definition) is 1. The van der Waals surface area contributed by atoms with Crippen LogP contribution in [0.4, 0.5) is 5.69 Å². The van der Waals surface area contributed by atoms with Crippen LogP contribution in [-0.4, -0.2) is 38.9 Å². The van der Waals surface area contributed by atoms with Crippen molar-refractivity contribution in [2.45, 2.75) is 43.5 Å². The summed E-state index contributed by atoms with van der Waals surface area (Å²) >= 11 is 0. The number of carbonyl (C=O) groups excluding carboxylic acids is 1. The average molecular weight is 403 g/mol. The molecule has 2 aromatic rings. The molecule has 7 heteroatoms. The Balaban J connectivity index is 1.78. The lowest BCUT2D eigenvalue weighted by Crippen LogP contribution is -2.43. The number of ether oxygens (including phenoxy) is 1. The molecular weight excluding hydrogens is 376 g/mol. The Hall–Kier alpha value is -2.54. The Labute approximate surface area is 166 Å². The second-order valence-electron chi connectivity index (χ2n) is 6.89. The summed E-state index contributed by atoms with van der Waals surface area (Å²) in [6.07, 6.45) is 4.12. The van der Waals surface area contributed by atoms with Crippen LogP contribution in [0, 0.1) is 0 Å². The van der Waals surface area contributed by atoms with Gasteiger partial charge < -0.3 is 9.64 Å². The average Bonchev–Trinajstić information content (AvgIpc) is 2.73. The summed E-state index contributed by atoms with van der Waals surface area (Å²) in [7, 11) is -2.30. The molecule has 1 aliphatic heterocycles. The third-order valence-corrected chi connectivity index (χ3v) is 6.50. The van der Waals surface area contributed by atoms with Gasteiger partial charge in [0.2, 0.25) is 0 Å². The van der Waals surface area contributed by atoms with Crippen LogP contribution in [0.25, 0.3) is 0 Å². The number of para-hydroxylation sites is 2. The standard InChI is InChI=1S/C21H26N2O4S/c1-3-17-8-6-7-15-23(17)21(24)16-11-13-18(14-12-16)28(25,26)22-19-9-4-5-10-20(19)27-2/h4-5,9-14,17,22H,3,6-8,15H2,1-2H3. The van der Waals surface area contributed by atoms with E-state index in [9.17, 15) is 13.2 Å². The van der Waals surface area contributed by atoms with E-state index in [2.05, 4.69) is 11.6 Å². The van der Waals surface area contributed by atoms with Crippen molar-refractivity contribution in [3.05, 3.63) is 54.1 Å². The van der Waals surface area contributed by atoms with Gasteiger partial charge in [0.25, 0.3) is 15.9 Å². The summed E-state index contributed by atoms with van der Waals surface area (Å²) in [5, 5.41) is 0. The number of sulfonamides is 1. The van der Waals surface area contributed by atoms with Crippen LogP contribution in [-0.2, 0) is 10.0 Å². The van der Waals surface area contributed by atoms with E-state index in [1.807, 2.05) is 4.90 Å². The molecule has 1 N–H and O–H groups in total. The first-order valence-electron chi connectivity index (χ1n) is 9.53. The number of likely N-dealkylation sites (tertiary alicyclic amines) is 1. The fourth-order valence-electron chi connectivity index (χ4n) is 3.57. The van der Waals surface area contributed by atoms with Crippen molar-refractivity contribution < 1.29 is 17.9 Å². The summed E-state index contributed by atoms with van der Waals surface area (Å²) in [5.74, 6) is 0.404. The van der Waals surface area contributed by atoms with Crippen molar-refractivity contribution in [2.75, 3.05) is 18.4 Å². The second kappa shape index (κ2) is 8.65. The minimum Gasteiger partial charge on any atom is -0.495 e. The predicted octanol–water partition coefficient (Wildman–Crippen LogP) is 3.90. The van der Waals surface area contributed by atoms with Gasteiger partial charge in [0.15, 0.2) is 0 Å². The van der Waals surface area contributed by atoms with Gasteiger partial charge in [-0.2, -0.15) is 0 Å². The number of nitrogens with zero attached hydrogens (tertiary/aromatic N) is 1. The van der Waals surface area contributed by atoms with Gasteiger partial charge in [-0.1, -0.05) is 19.1 Å². The molecule has 1 atom stereocenters. The van der Waals surface area contributed by atoms with Crippen LogP contribution in [0.15, 0.2) is 53.4 Å². The summed E-state index contributed by atoms with van der Waals surface area (Å²) in [6, 6.07) is 13.2. The van der Waals surface area contributed by atoms with Gasteiger partial charge in [-0.05, 0) is 62.1 Å². The molecule has 2 aromatic carbocycles. The van der Waals surface area contributed by atoms with Crippen LogP contribution in [0.3, 0.4) is 0 Å². The lowest BCUT2D eigenvalue weighted by molar-refractivity contribution is 0.0608. The molecule has 150 valence electrons. The molecular formula is C21H26N2O4S. The first-order valence-corrected chi connectivity index (χ1v) is 11.0. The van der Waals surface area contributed by atoms with Gasteiger partial charge in [0, 0.05) is 18.2 Å². The molecule has 1 aliphatic rings. The van der Waals surface area contributed by atoms with Gasteiger partial charge in [0.05, 0.1) is 17.7 Å². The highest BCUT2D eigenvalue weighted by molar-refractivity contribution is 7.92. The Bertz CT molecular complexity index is 926. The van der Waals surface area contributed by atoms with E-state index in [4.69, 9.17) is 4.74 Å². The number of benzene rings is 2. The van der Waals surface area contributed by atoms with Crippen LogP contribution >= 0.6 is 0 Å². The second-order valence-corrected chi connectivity index (χ2v) is 8.57. The molecule has 6 nitrogen and oxygen atoms in total. The number of piperidine rings is 1. The van der Waals surface area contributed by atoms with Crippen molar-refractivity contribution in [1.29, 1.82) is 0 Å². The van der Waals surface area contributed by atoms with Gasteiger partial charge in [-0.25, -0.2) is 8.42 Å². The lowest BCUT2D eigenvalue weighted by Gasteiger charge is -2.35. The number of anilines is 1. The van der Waals surface area contributed by atoms with E-state index in [0.717, 1.165) is 32.2 Å². The maximum atomic E-state index is 12.8. The van der Waals surface area contributed by atoms with Gasteiger partial charge in [0.1, 0.15) is 5.75 Å². The van der Waals surface area contributed by atoms with E-state index in [0.29, 0.717) is 17.0 Å². The largest absolute Gasteiger partial charge is 0.495 e. The molecule has 0 aliphatic carbocycles. The summed E-state index contributed by atoms with van der Waals surface area (Å²) in [5.41, 5.74) is 0.876. The molecule has 0 spiro atoms. The van der Waals surface area contributed by atoms with E-state index in [1.165, 1.54) is 19.2 Å². The Morgan fingerprint density at radius 3 is 2.54 bits per heavy atom. The topological polar surface area (TPSA) is 75.7 Å². The quantitative estimate of drug-likeness (QED) is 0.795. The van der Waals surface area contributed by atoms with Crippen LogP contribution in [0.5, 0.6) is 5.75 Å². The first-order chi connectivity index (χ1) is 13.5. The zero-order valence-corrected chi connectivity index (χ0v) is 17.0. The Morgan fingerprint density at radius 2 is 1.86 bits per heavy atom. The Kier molecular flexibility index (Phi) is 6.24. The molecule has 0 radical (unpaired) electrons. The molecule has 1 amide bonds. The predicted molar refractivity (Wildman–Crippen MR) is 109 cm³/mol. The van der Waals surface area contributed by atoms with Crippen LogP contribution in [0.2, 0.25) is 0 Å². The maximum Gasteiger partial charge on any atom is 0.262 e. The highest BCUT2D eigenvalue weighted by Gasteiger charge is 2.26. The van der Waals surface area contributed by atoms with Crippen LogP contribution < -0.4 is 9.46 Å². The SMILES string of the molecule is CCC1CCCCN1C(=O)c1ccc(S(=O)(=O)Nc2ccccc2OC)cc1. The van der Waals surface area contributed by atoms with Gasteiger partial charge in [-0.15, -0.1) is 0 Å². The lowest BCUT2D eigenvalue weighted by atomic mass is 9.99. The smallest absolute Gasteiger partial charge is 0.262 e. The number of amides is 1. The highest BCUT2D eigenvalue weighted by atomic mass is 32.2.